The molecule has 0 bridgehead atoms. The summed E-state index contributed by atoms with van der Waals surface area (Å²) in [5, 5.41) is 3.00. The summed E-state index contributed by atoms with van der Waals surface area (Å²) in [6.07, 6.45) is 1.00. The lowest BCUT2D eigenvalue weighted by atomic mass is 9.68. The summed E-state index contributed by atoms with van der Waals surface area (Å²) in [6.45, 7) is -0.287. The van der Waals surface area contributed by atoms with Gasteiger partial charge in [0.05, 0.1) is 12.0 Å². The number of nitrogens with two attached hydrogens (primary N) is 1. The minimum Gasteiger partial charge on any atom is -0.370 e. The number of benzene rings is 1. The van der Waals surface area contributed by atoms with Crippen LogP contribution in [0, 0.1) is 5.41 Å². The molecule has 1 fully saturated rings. The van der Waals surface area contributed by atoms with Crippen molar-refractivity contribution in [3.8, 4) is 0 Å². The van der Waals surface area contributed by atoms with E-state index in [2.05, 4.69) is 16.4 Å². The third-order valence-corrected chi connectivity index (χ3v) is 5.12. The van der Waals surface area contributed by atoms with Crippen LogP contribution in [0.25, 0.3) is 0 Å². The number of anilines is 1. The zero-order valence-electron chi connectivity index (χ0n) is 13.5. The number of hydrogen-bond acceptors (Lipinski definition) is 1. The molecule has 0 spiro atoms. The third kappa shape index (κ3) is 3.81. The Bertz CT molecular complexity index is 610. The predicted octanol–water partition coefficient (Wildman–Crippen LogP) is 4.64. The van der Waals surface area contributed by atoms with Gasteiger partial charge < -0.3 is 11.1 Å². The number of aliphatic imine (C=N–C) groups is 1. The molecule has 0 unspecified atom stereocenters. The number of hydrogen-bond donors (Lipinski definition) is 2. The molecular formula is C17H23F3IN3. The minimum atomic E-state index is -4.21. The van der Waals surface area contributed by atoms with Crippen LogP contribution in [-0.2, 0) is 12.8 Å². The van der Waals surface area contributed by atoms with Crippen LogP contribution in [0.4, 0.5) is 18.9 Å². The molecule has 0 heterocycles. The summed E-state index contributed by atoms with van der Waals surface area (Å²) in [4.78, 5) is 3.99. The molecular weight excluding hydrogens is 430 g/mol. The molecule has 1 aromatic carbocycles. The zero-order valence-corrected chi connectivity index (χ0v) is 15.8. The maximum Gasteiger partial charge on any atom is 0.396 e. The van der Waals surface area contributed by atoms with Gasteiger partial charge in [-0.15, -0.1) is 24.0 Å². The first-order valence-electron chi connectivity index (χ1n) is 8.16. The van der Waals surface area contributed by atoms with E-state index in [1.54, 1.807) is 0 Å². The first-order chi connectivity index (χ1) is 10.9. The van der Waals surface area contributed by atoms with Gasteiger partial charge >= 0.3 is 6.18 Å². The van der Waals surface area contributed by atoms with Crippen molar-refractivity contribution in [3.05, 3.63) is 29.3 Å². The number of alkyl halides is 3. The Balaban J connectivity index is 0.00000208. The lowest BCUT2D eigenvalue weighted by molar-refractivity contribution is -0.245. The maximum absolute atomic E-state index is 13.1. The van der Waals surface area contributed by atoms with Crippen molar-refractivity contribution in [1.29, 1.82) is 0 Å². The lowest BCUT2D eigenvalue weighted by Crippen LogP contribution is -2.46. The number of halogens is 4. The van der Waals surface area contributed by atoms with Crippen LogP contribution in [0.15, 0.2) is 23.2 Å². The molecule has 0 amide bonds. The van der Waals surface area contributed by atoms with Crippen LogP contribution in [0.3, 0.4) is 0 Å². The van der Waals surface area contributed by atoms with Crippen molar-refractivity contribution in [2.45, 2.75) is 51.1 Å². The lowest BCUT2D eigenvalue weighted by Gasteiger charge is -2.41. The van der Waals surface area contributed by atoms with Crippen molar-refractivity contribution < 1.29 is 13.2 Å². The molecule has 3 rings (SSSR count). The summed E-state index contributed by atoms with van der Waals surface area (Å²) in [5.74, 6) is 0.0690. The van der Waals surface area contributed by atoms with E-state index in [1.165, 1.54) is 17.5 Å². The molecule has 3 N–H and O–H groups in total. The second-order valence-electron chi connectivity index (χ2n) is 6.61. The van der Waals surface area contributed by atoms with E-state index in [1.807, 2.05) is 12.1 Å². The van der Waals surface area contributed by atoms with E-state index in [0.29, 0.717) is 6.42 Å². The highest BCUT2D eigenvalue weighted by Crippen LogP contribution is 2.53. The SMILES string of the molecule is I.NC(=NCC1(C(F)(F)F)CCC1)Nc1cccc2c1CCCC2. The maximum atomic E-state index is 13.1. The highest BCUT2D eigenvalue weighted by atomic mass is 127. The molecule has 1 saturated carbocycles. The largest absolute Gasteiger partial charge is 0.396 e. The van der Waals surface area contributed by atoms with Crippen LogP contribution in [-0.4, -0.2) is 18.7 Å². The Hall–Kier alpha value is -0.990. The number of nitrogens with one attached hydrogen (secondary N) is 1. The number of aryl methyl sites for hydroxylation is 1. The highest BCUT2D eigenvalue weighted by Gasteiger charge is 2.58. The van der Waals surface area contributed by atoms with Crippen LogP contribution < -0.4 is 11.1 Å². The fourth-order valence-corrected chi connectivity index (χ4v) is 3.45. The number of nitrogens with zero attached hydrogens (tertiary/aromatic N) is 1. The highest BCUT2D eigenvalue weighted by molar-refractivity contribution is 14.0. The normalized spacial score (nSPS) is 19.7. The van der Waals surface area contributed by atoms with Gasteiger partial charge in [0.2, 0.25) is 0 Å². The van der Waals surface area contributed by atoms with Gasteiger partial charge in [-0.3, -0.25) is 4.99 Å². The van der Waals surface area contributed by atoms with E-state index in [4.69, 9.17) is 5.73 Å². The fourth-order valence-electron chi connectivity index (χ4n) is 3.45. The van der Waals surface area contributed by atoms with Gasteiger partial charge in [-0.1, -0.05) is 18.6 Å². The average molecular weight is 453 g/mol. The van der Waals surface area contributed by atoms with E-state index < -0.39 is 11.6 Å². The van der Waals surface area contributed by atoms with Crippen molar-refractivity contribution in [2.24, 2.45) is 16.1 Å². The molecule has 0 radical (unpaired) electrons. The molecule has 24 heavy (non-hydrogen) atoms. The molecule has 2 aliphatic rings. The summed E-state index contributed by atoms with van der Waals surface area (Å²) < 4.78 is 39.4. The molecule has 0 saturated heterocycles. The molecule has 0 atom stereocenters. The first kappa shape index (κ1) is 19.3. The second-order valence-corrected chi connectivity index (χ2v) is 6.61. The van der Waals surface area contributed by atoms with E-state index in [0.717, 1.165) is 24.9 Å². The standard InChI is InChI=1S/C17H22F3N3.HI/c18-17(19,20)16(9-4-10-16)11-22-15(21)23-14-8-3-6-12-5-1-2-7-13(12)14;/h3,6,8H,1-2,4-5,7,9-11H2,(H3,21,22,23);1H. The molecule has 1 aromatic rings. The molecule has 0 aliphatic heterocycles. The van der Waals surface area contributed by atoms with Gasteiger partial charge in [0, 0.05) is 5.69 Å². The Morgan fingerprint density at radius 3 is 2.50 bits per heavy atom. The van der Waals surface area contributed by atoms with Gasteiger partial charge in [0.1, 0.15) is 0 Å². The first-order valence-corrected chi connectivity index (χ1v) is 8.16. The fraction of sp³-hybridized carbons (Fsp3) is 0.588. The zero-order chi connectivity index (χ0) is 16.5. The Morgan fingerprint density at radius 1 is 1.17 bits per heavy atom. The van der Waals surface area contributed by atoms with Gasteiger partial charge in [-0.2, -0.15) is 13.2 Å². The molecule has 0 aromatic heterocycles. The van der Waals surface area contributed by atoms with Gasteiger partial charge in [-0.25, -0.2) is 0 Å². The van der Waals surface area contributed by atoms with E-state index >= 15 is 0 Å². The van der Waals surface area contributed by atoms with Crippen molar-refractivity contribution in [2.75, 3.05) is 11.9 Å². The Labute approximate surface area is 157 Å². The number of fused-ring (bicyclic) bond motifs is 1. The molecule has 134 valence electrons. The third-order valence-electron chi connectivity index (χ3n) is 5.12. The Kier molecular flexibility index (Phi) is 6.04. The minimum absolute atomic E-state index is 0. The summed E-state index contributed by atoms with van der Waals surface area (Å²) in [7, 11) is 0. The monoisotopic (exact) mass is 453 g/mol. The van der Waals surface area contributed by atoms with Crippen molar-refractivity contribution in [3.63, 3.8) is 0 Å². The van der Waals surface area contributed by atoms with Crippen molar-refractivity contribution in [1.82, 2.24) is 0 Å². The van der Waals surface area contributed by atoms with Crippen LogP contribution in [0.5, 0.6) is 0 Å². The topological polar surface area (TPSA) is 50.4 Å². The Morgan fingerprint density at radius 2 is 1.88 bits per heavy atom. The summed E-state index contributed by atoms with van der Waals surface area (Å²) in [5.41, 5.74) is 7.55. The van der Waals surface area contributed by atoms with Gasteiger partial charge in [-0.05, 0) is 55.7 Å². The number of rotatable bonds is 3. The summed E-state index contributed by atoms with van der Waals surface area (Å²) >= 11 is 0. The smallest absolute Gasteiger partial charge is 0.370 e. The van der Waals surface area contributed by atoms with E-state index in [-0.39, 0.29) is 49.3 Å². The molecule has 2 aliphatic carbocycles. The van der Waals surface area contributed by atoms with Gasteiger partial charge in [0.25, 0.3) is 0 Å². The van der Waals surface area contributed by atoms with Crippen LogP contribution in [0.1, 0.15) is 43.2 Å². The van der Waals surface area contributed by atoms with Gasteiger partial charge in [0.15, 0.2) is 5.96 Å². The quantitative estimate of drug-likeness (QED) is 0.398. The van der Waals surface area contributed by atoms with Crippen LogP contribution in [0.2, 0.25) is 0 Å². The second kappa shape index (κ2) is 7.49. The average Bonchev–Trinajstić information content (AvgIpc) is 2.45. The number of guanidine groups is 1. The predicted molar refractivity (Wildman–Crippen MR) is 101 cm³/mol. The molecule has 7 heteroatoms. The molecule has 3 nitrogen and oxygen atoms in total. The van der Waals surface area contributed by atoms with Crippen LogP contribution >= 0.6 is 24.0 Å². The van der Waals surface area contributed by atoms with Crippen molar-refractivity contribution >= 4 is 35.6 Å². The van der Waals surface area contributed by atoms with E-state index in [9.17, 15) is 13.2 Å². The summed E-state index contributed by atoms with van der Waals surface area (Å²) in [6, 6.07) is 5.96.